The third-order valence-corrected chi connectivity index (χ3v) is 1.78. The van der Waals surface area contributed by atoms with E-state index in [1.54, 1.807) is 6.92 Å². The number of nitroso groups, excluding NO2 is 1. The van der Waals surface area contributed by atoms with E-state index in [1.807, 2.05) is 0 Å². The summed E-state index contributed by atoms with van der Waals surface area (Å²) >= 11 is 0. The fourth-order valence-corrected chi connectivity index (χ4v) is 1.13. The minimum atomic E-state index is -0.425. The highest BCUT2D eigenvalue weighted by Crippen LogP contribution is 2.33. The first-order valence-corrected chi connectivity index (χ1v) is 4.02. The van der Waals surface area contributed by atoms with Gasteiger partial charge in [-0.25, -0.2) is 0 Å². The van der Waals surface area contributed by atoms with Crippen molar-refractivity contribution in [3.8, 4) is 11.5 Å². The molecule has 0 heterocycles. The Bertz CT molecular complexity index is 387. The van der Waals surface area contributed by atoms with Crippen molar-refractivity contribution in [2.24, 2.45) is 5.18 Å². The summed E-state index contributed by atoms with van der Waals surface area (Å²) in [6.45, 7) is 1.60. The van der Waals surface area contributed by atoms with Crippen molar-refractivity contribution in [2.75, 3.05) is 0 Å². The largest absolute Gasteiger partial charge is 0.508 e. The molecule has 0 atom stereocenters. The number of carbonyl (C=O) groups excluding carboxylic acids is 1. The number of hydrogen-bond acceptors (Lipinski definition) is 5. The van der Waals surface area contributed by atoms with Crippen LogP contribution in [0, 0.1) is 4.91 Å². The predicted molar refractivity (Wildman–Crippen MR) is 49.8 cm³/mol. The van der Waals surface area contributed by atoms with Crippen LogP contribution >= 0.6 is 0 Å². The van der Waals surface area contributed by atoms with Crippen molar-refractivity contribution in [1.29, 1.82) is 0 Å². The number of phenolic OH excluding ortho intramolecular Hbond substituents is 2. The molecule has 0 spiro atoms. The normalized spacial score (nSPS) is 9.79. The highest BCUT2D eigenvalue weighted by Gasteiger charge is 2.16. The number of hydrogen-bond donors (Lipinski definition) is 2. The Balaban J connectivity index is 3.39. The lowest BCUT2D eigenvalue weighted by molar-refractivity contribution is 0.0986. The molecule has 0 aromatic heterocycles. The molecule has 0 radical (unpaired) electrons. The second-order valence-corrected chi connectivity index (χ2v) is 2.73. The van der Waals surface area contributed by atoms with Gasteiger partial charge in [-0.3, -0.25) is 4.79 Å². The van der Waals surface area contributed by atoms with E-state index in [9.17, 15) is 14.8 Å². The fraction of sp³-hybridized carbons (Fsp3) is 0.222. The van der Waals surface area contributed by atoms with Gasteiger partial charge in [0.2, 0.25) is 0 Å². The second kappa shape index (κ2) is 3.87. The summed E-state index contributed by atoms with van der Waals surface area (Å²) < 4.78 is 0. The molecule has 2 N–H and O–H groups in total. The van der Waals surface area contributed by atoms with Crippen molar-refractivity contribution in [2.45, 2.75) is 13.3 Å². The van der Waals surface area contributed by atoms with Gasteiger partial charge >= 0.3 is 0 Å². The van der Waals surface area contributed by atoms with Crippen LogP contribution in [0.3, 0.4) is 0 Å². The predicted octanol–water partition coefficient (Wildman–Crippen LogP) is 2.09. The summed E-state index contributed by atoms with van der Waals surface area (Å²) in [4.78, 5) is 21.6. The van der Waals surface area contributed by atoms with Crippen LogP contribution in [0.2, 0.25) is 0 Å². The molecule has 74 valence electrons. The molecule has 1 rings (SSSR count). The second-order valence-electron chi connectivity index (χ2n) is 2.73. The number of phenols is 2. The van der Waals surface area contributed by atoms with Gasteiger partial charge in [0, 0.05) is 18.6 Å². The number of benzene rings is 1. The molecule has 0 bridgehead atoms. The smallest absolute Gasteiger partial charge is 0.168 e. The molecule has 0 saturated heterocycles. The van der Waals surface area contributed by atoms with Crippen LogP contribution in [0.25, 0.3) is 0 Å². The quantitative estimate of drug-likeness (QED) is 0.571. The highest BCUT2D eigenvalue weighted by atomic mass is 16.3. The van der Waals surface area contributed by atoms with E-state index in [-0.39, 0.29) is 23.4 Å². The van der Waals surface area contributed by atoms with Gasteiger partial charge in [0.15, 0.2) is 5.78 Å². The van der Waals surface area contributed by atoms with Crippen molar-refractivity contribution < 1.29 is 15.0 Å². The summed E-state index contributed by atoms with van der Waals surface area (Å²) in [6, 6.07) is 2.03. The SMILES string of the molecule is CCC(=O)c1c(O)cc(O)cc1N=O. The molecule has 0 aliphatic heterocycles. The van der Waals surface area contributed by atoms with Gasteiger partial charge in [0.05, 0.1) is 5.56 Å². The first kappa shape index (κ1) is 10.2. The summed E-state index contributed by atoms with van der Waals surface area (Å²) in [7, 11) is 0. The molecule has 0 saturated carbocycles. The third-order valence-electron chi connectivity index (χ3n) is 1.78. The number of aromatic hydroxyl groups is 2. The van der Waals surface area contributed by atoms with Crippen LogP contribution < -0.4 is 0 Å². The molecule has 0 fully saturated rings. The Morgan fingerprint density at radius 2 is 2.07 bits per heavy atom. The van der Waals surface area contributed by atoms with Crippen molar-refractivity contribution in [3.05, 3.63) is 22.6 Å². The van der Waals surface area contributed by atoms with Gasteiger partial charge in [-0.2, -0.15) is 0 Å². The molecule has 14 heavy (non-hydrogen) atoms. The maximum Gasteiger partial charge on any atom is 0.168 e. The summed E-state index contributed by atoms with van der Waals surface area (Å²) in [5.41, 5.74) is -0.380. The molecule has 1 aromatic rings. The lowest BCUT2D eigenvalue weighted by Crippen LogP contribution is -1.97. The Kier molecular flexibility index (Phi) is 2.81. The summed E-state index contributed by atoms with van der Waals surface area (Å²) in [6.07, 6.45) is 0.154. The average molecular weight is 195 g/mol. The zero-order valence-corrected chi connectivity index (χ0v) is 7.52. The molecule has 0 aliphatic rings. The van der Waals surface area contributed by atoms with E-state index in [0.717, 1.165) is 12.1 Å². The first-order chi connectivity index (χ1) is 6.60. The zero-order chi connectivity index (χ0) is 10.7. The molecule has 5 heteroatoms. The lowest BCUT2D eigenvalue weighted by Gasteiger charge is -2.04. The van der Waals surface area contributed by atoms with Crippen LogP contribution in [-0.4, -0.2) is 16.0 Å². The number of Topliss-reactive ketones (excluding diaryl/α,β-unsaturated/α-hetero) is 1. The third kappa shape index (κ3) is 1.71. The van der Waals surface area contributed by atoms with Gasteiger partial charge < -0.3 is 10.2 Å². The van der Waals surface area contributed by atoms with Crippen LogP contribution in [0.1, 0.15) is 23.7 Å². The highest BCUT2D eigenvalue weighted by molar-refractivity contribution is 6.03. The van der Waals surface area contributed by atoms with E-state index in [0.29, 0.717) is 0 Å². The Labute approximate surface area is 80.0 Å². The Morgan fingerprint density at radius 1 is 1.43 bits per heavy atom. The van der Waals surface area contributed by atoms with Gasteiger partial charge in [0.1, 0.15) is 17.2 Å². The average Bonchev–Trinajstić information content (AvgIpc) is 2.15. The first-order valence-electron chi connectivity index (χ1n) is 4.02. The number of ketones is 1. The van der Waals surface area contributed by atoms with E-state index in [4.69, 9.17) is 5.11 Å². The van der Waals surface area contributed by atoms with Crippen LogP contribution in [0.4, 0.5) is 5.69 Å². The molecular weight excluding hydrogens is 186 g/mol. The van der Waals surface area contributed by atoms with Crippen molar-refractivity contribution in [3.63, 3.8) is 0 Å². The Hall–Kier alpha value is -1.91. The van der Waals surface area contributed by atoms with E-state index in [2.05, 4.69) is 5.18 Å². The summed E-state index contributed by atoms with van der Waals surface area (Å²) in [5, 5.41) is 20.9. The van der Waals surface area contributed by atoms with Crippen molar-refractivity contribution >= 4 is 11.5 Å². The van der Waals surface area contributed by atoms with Crippen molar-refractivity contribution in [1.82, 2.24) is 0 Å². The minimum Gasteiger partial charge on any atom is -0.508 e. The van der Waals surface area contributed by atoms with E-state index < -0.39 is 11.5 Å². The van der Waals surface area contributed by atoms with Crippen LogP contribution in [0.15, 0.2) is 17.3 Å². The zero-order valence-electron chi connectivity index (χ0n) is 7.52. The number of nitrogens with zero attached hydrogens (tertiary/aromatic N) is 1. The van der Waals surface area contributed by atoms with E-state index in [1.165, 1.54) is 0 Å². The maximum atomic E-state index is 11.3. The van der Waals surface area contributed by atoms with Gasteiger partial charge in [-0.15, -0.1) is 4.91 Å². The van der Waals surface area contributed by atoms with Crippen LogP contribution in [0.5, 0.6) is 11.5 Å². The number of carbonyl (C=O) groups is 1. The van der Waals surface area contributed by atoms with Gasteiger partial charge in [-0.1, -0.05) is 6.92 Å². The molecule has 0 aliphatic carbocycles. The topological polar surface area (TPSA) is 87.0 Å². The molecule has 1 aromatic carbocycles. The minimum absolute atomic E-state index is 0.139. The van der Waals surface area contributed by atoms with E-state index >= 15 is 0 Å². The number of rotatable bonds is 3. The Morgan fingerprint density at radius 3 is 2.57 bits per heavy atom. The fourth-order valence-electron chi connectivity index (χ4n) is 1.13. The molecular formula is C9H9NO4. The molecule has 5 nitrogen and oxygen atoms in total. The molecule has 0 unspecified atom stereocenters. The van der Waals surface area contributed by atoms with Gasteiger partial charge in [0.25, 0.3) is 0 Å². The maximum absolute atomic E-state index is 11.3. The van der Waals surface area contributed by atoms with Gasteiger partial charge in [-0.05, 0) is 5.18 Å². The lowest BCUT2D eigenvalue weighted by atomic mass is 10.1. The monoisotopic (exact) mass is 195 g/mol. The standard InChI is InChI=1S/C9H9NO4/c1-2-7(12)9-6(10-14)3-5(11)4-8(9)13/h3-4,11,13H,2H2,1H3. The molecule has 0 amide bonds. The van der Waals surface area contributed by atoms with Crippen LogP contribution in [-0.2, 0) is 0 Å². The summed E-state index contributed by atoms with van der Waals surface area (Å²) in [5.74, 6) is -1.12.